The standard InChI is InChI=1S/C20H26N2O4/c1-6-13(2)21-20(23)10-8-16-7-9-18(19(11-16)24-5)25-12-17-14(3)22-26-15(17)4/h7-11,13H,6,12H2,1-5H3,(H,21,23)/b10-8+. The molecule has 0 spiro atoms. The van der Waals surface area contributed by atoms with Gasteiger partial charge in [0.15, 0.2) is 11.5 Å². The number of rotatable bonds is 8. The maximum Gasteiger partial charge on any atom is 0.244 e. The molecule has 1 atom stereocenters. The van der Waals surface area contributed by atoms with Crippen molar-refractivity contribution in [1.29, 1.82) is 0 Å². The number of nitrogens with zero attached hydrogens (tertiary/aromatic N) is 1. The van der Waals surface area contributed by atoms with Crippen LogP contribution in [-0.2, 0) is 11.4 Å². The Hall–Kier alpha value is -2.76. The highest BCUT2D eigenvalue weighted by molar-refractivity contribution is 5.91. The molecule has 0 saturated carbocycles. The molecule has 6 nitrogen and oxygen atoms in total. The number of methoxy groups -OCH3 is 1. The van der Waals surface area contributed by atoms with Crippen LogP contribution >= 0.6 is 0 Å². The highest BCUT2D eigenvalue weighted by Gasteiger charge is 2.12. The van der Waals surface area contributed by atoms with Gasteiger partial charge in [0.2, 0.25) is 5.91 Å². The number of hydrogen-bond donors (Lipinski definition) is 1. The Morgan fingerprint density at radius 2 is 2.12 bits per heavy atom. The van der Waals surface area contributed by atoms with E-state index in [0.717, 1.165) is 29.0 Å². The van der Waals surface area contributed by atoms with E-state index in [2.05, 4.69) is 10.5 Å². The molecule has 0 aliphatic carbocycles. The molecule has 140 valence electrons. The van der Waals surface area contributed by atoms with Crippen molar-refractivity contribution in [3.8, 4) is 11.5 Å². The molecule has 0 aliphatic heterocycles. The quantitative estimate of drug-likeness (QED) is 0.727. The van der Waals surface area contributed by atoms with Crippen molar-refractivity contribution in [3.63, 3.8) is 0 Å². The molecule has 2 aromatic rings. The van der Waals surface area contributed by atoms with Gasteiger partial charge in [-0.15, -0.1) is 0 Å². The Morgan fingerprint density at radius 1 is 1.35 bits per heavy atom. The molecular weight excluding hydrogens is 332 g/mol. The van der Waals surface area contributed by atoms with E-state index in [4.69, 9.17) is 14.0 Å². The fourth-order valence-corrected chi connectivity index (χ4v) is 2.33. The van der Waals surface area contributed by atoms with Crippen molar-refractivity contribution in [1.82, 2.24) is 10.5 Å². The van der Waals surface area contributed by atoms with Gasteiger partial charge in [0.25, 0.3) is 0 Å². The summed E-state index contributed by atoms with van der Waals surface area (Å²) in [5.41, 5.74) is 2.59. The highest BCUT2D eigenvalue weighted by Crippen LogP contribution is 2.30. The van der Waals surface area contributed by atoms with Crippen molar-refractivity contribution in [2.24, 2.45) is 0 Å². The van der Waals surface area contributed by atoms with E-state index in [1.165, 1.54) is 6.08 Å². The Labute approximate surface area is 154 Å². The van der Waals surface area contributed by atoms with E-state index in [1.54, 1.807) is 13.2 Å². The van der Waals surface area contributed by atoms with Crippen molar-refractivity contribution in [2.45, 2.75) is 46.8 Å². The first-order chi connectivity index (χ1) is 12.4. The zero-order valence-electron chi connectivity index (χ0n) is 16.0. The van der Waals surface area contributed by atoms with Crippen LogP contribution in [0.25, 0.3) is 6.08 Å². The third-order valence-electron chi connectivity index (χ3n) is 4.17. The van der Waals surface area contributed by atoms with Gasteiger partial charge in [-0.3, -0.25) is 4.79 Å². The largest absolute Gasteiger partial charge is 0.493 e. The zero-order valence-corrected chi connectivity index (χ0v) is 16.0. The Balaban J connectivity index is 2.06. The fourth-order valence-electron chi connectivity index (χ4n) is 2.33. The molecule has 0 fully saturated rings. The topological polar surface area (TPSA) is 73.6 Å². The minimum atomic E-state index is -0.114. The minimum absolute atomic E-state index is 0.114. The second-order valence-electron chi connectivity index (χ2n) is 6.15. The first kappa shape index (κ1) is 19.6. The number of nitrogens with one attached hydrogen (secondary N) is 1. The number of aromatic nitrogens is 1. The third kappa shape index (κ3) is 5.12. The van der Waals surface area contributed by atoms with Gasteiger partial charge in [-0.2, -0.15) is 0 Å². The molecule has 1 aromatic heterocycles. The van der Waals surface area contributed by atoms with E-state index in [-0.39, 0.29) is 11.9 Å². The SMILES string of the molecule is CCC(C)NC(=O)/C=C/c1ccc(OCc2c(C)noc2C)c(OC)c1. The number of aryl methyl sites for hydroxylation is 2. The highest BCUT2D eigenvalue weighted by atomic mass is 16.5. The van der Waals surface area contributed by atoms with Crippen LogP contribution in [0.3, 0.4) is 0 Å². The maximum atomic E-state index is 11.8. The molecule has 0 radical (unpaired) electrons. The number of carbonyl (C=O) groups excluding carboxylic acids is 1. The summed E-state index contributed by atoms with van der Waals surface area (Å²) in [6.07, 6.45) is 4.16. The lowest BCUT2D eigenvalue weighted by Crippen LogP contribution is -2.30. The number of carbonyl (C=O) groups is 1. The van der Waals surface area contributed by atoms with E-state index in [9.17, 15) is 4.79 Å². The third-order valence-corrected chi connectivity index (χ3v) is 4.17. The average Bonchev–Trinajstić information content (AvgIpc) is 2.96. The van der Waals surface area contributed by atoms with Crippen LogP contribution in [0.15, 0.2) is 28.8 Å². The van der Waals surface area contributed by atoms with E-state index in [1.807, 2.05) is 45.9 Å². The Bertz CT molecular complexity index is 761. The monoisotopic (exact) mass is 358 g/mol. The van der Waals surface area contributed by atoms with Gasteiger partial charge in [0, 0.05) is 12.1 Å². The van der Waals surface area contributed by atoms with E-state index >= 15 is 0 Å². The van der Waals surface area contributed by atoms with Crippen LogP contribution in [0.5, 0.6) is 11.5 Å². The lowest BCUT2D eigenvalue weighted by Gasteiger charge is -2.11. The summed E-state index contributed by atoms with van der Waals surface area (Å²) in [4.78, 5) is 11.8. The molecule has 26 heavy (non-hydrogen) atoms. The minimum Gasteiger partial charge on any atom is -0.493 e. The van der Waals surface area contributed by atoms with Crippen LogP contribution in [0, 0.1) is 13.8 Å². The van der Waals surface area contributed by atoms with Crippen LogP contribution in [0.1, 0.15) is 42.8 Å². The van der Waals surface area contributed by atoms with E-state index in [0.29, 0.717) is 18.1 Å². The number of amides is 1. The van der Waals surface area contributed by atoms with Crippen LogP contribution < -0.4 is 14.8 Å². The molecule has 1 aromatic carbocycles. The van der Waals surface area contributed by atoms with Gasteiger partial charge in [-0.1, -0.05) is 18.1 Å². The van der Waals surface area contributed by atoms with Crippen LogP contribution in [0.4, 0.5) is 0 Å². The smallest absolute Gasteiger partial charge is 0.244 e. The van der Waals surface area contributed by atoms with Crippen molar-refractivity contribution in [3.05, 3.63) is 46.9 Å². The summed E-state index contributed by atoms with van der Waals surface area (Å²) in [6, 6.07) is 5.68. The number of benzene rings is 1. The second-order valence-corrected chi connectivity index (χ2v) is 6.15. The van der Waals surface area contributed by atoms with Gasteiger partial charge >= 0.3 is 0 Å². The van der Waals surface area contributed by atoms with Crippen molar-refractivity contribution >= 4 is 12.0 Å². The molecule has 1 unspecified atom stereocenters. The fraction of sp³-hybridized carbons (Fsp3) is 0.400. The zero-order chi connectivity index (χ0) is 19.1. The first-order valence-electron chi connectivity index (χ1n) is 8.65. The van der Waals surface area contributed by atoms with Crippen LogP contribution in [-0.4, -0.2) is 24.2 Å². The predicted octanol–water partition coefficient (Wildman–Crippen LogP) is 3.81. The summed E-state index contributed by atoms with van der Waals surface area (Å²) in [5, 5.41) is 6.81. The second kappa shape index (κ2) is 9.08. The summed E-state index contributed by atoms with van der Waals surface area (Å²) >= 11 is 0. The van der Waals surface area contributed by atoms with Crippen LogP contribution in [0.2, 0.25) is 0 Å². The normalized spacial score (nSPS) is 12.2. The van der Waals surface area contributed by atoms with Gasteiger partial charge in [-0.25, -0.2) is 0 Å². The molecule has 1 amide bonds. The summed E-state index contributed by atoms with van der Waals surface area (Å²) in [6.45, 7) is 8.09. The van der Waals surface area contributed by atoms with Crippen molar-refractivity contribution < 1.29 is 18.8 Å². The molecule has 1 heterocycles. The van der Waals surface area contributed by atoms with Gasteiger partial charge in [0.1, 0.15) is 12.4 Å². The lowest BCUT2D eigenvalue weighted by atomic mass is 10.1. The molecule has 1 N–H and O–H groups in total. The van der Waals surface area contributed by atoms with E-state index < -0.39 is 0 Å². The number of ether oxygens (including phenoxy) is 2. The maximum absolute atomic E-state index is 11.8. The summed E-state index contributed by atoms with van der Waals surface area (Å²) < 4.78 is 16.4. The average molecular weight is 358 g/mol. The molecule has 2 rings (SSSR count). The van der Waals surface area contributed by atoms with Gasteiger partial charge in [0.05, 0.1) is 18.4 Å². The Kier molecular flexibility index (Phi) is 6.83. The molecule has 0 saturated heterocycles. The predicted molar refractivity (Wildman–Crippen MR) is 100 cm³/mol. The molecule has 6 heteroatoms. The Morgan fingerprint density at radius 3 is 2.73 bits per heavy atom. The van der Waals surface area contributed by atoms with Gasteiger partial charge in [-0.05, 0) is 51.0 Å². The molecule has 0 aliphatic rings. The first-order valence-corrected chi connectivity index (χ1v) is 8.65. The molecular formula is C20H26N2O4. The van der Waals surface area contributed by atoms with Gasteiger partial charge < -0.3 is 19.3 Å². The van der Waals surface area contributed by atoms with Crippen molar-refractivity contribution in [2.75, 3.05) is 7.11 Å². The summed E-state index contributed by atoms with van der Waals surface area (Å²) in [7, 11) is 1.58. The molecule has 0 bridgehead atoms. The summed E-state index contributed by atoms with van der Waals surface area (Å²) in [5.74, 6) is 1.85. The number of hydrogen-bond acceptors (Lipinski definition) is 5. The lowest BCUT2D eigenvalue weighted by molar-refractivity contribution is -0.117.